The van der Waals surface area contributed by atoms with E-state index in [1.807, 2.05) is 6.92 Å². The van der Waals surface area contributed by atoms with E-state index in [0.717, 1.165) is 6.26 Å². The normalized spacial score (nSPS) is 11.5. The van der Waals surface area contributed by atoms with Crippen LogP contribution >= 0.6 is 0 Å². The lowest BCUT2D eigenvalue weighted by Crippen LogP contribution is -2.19. The molecule has 0 atom stereocenters. The minimum absolute atomic E-state index is 0.0944. The molecule has 1 heterocycles. The van der Waals surface area contributed by atoms with E-state index in [1.165, 1.54) is 0 Å². The van der Waals surface area contributed by atoms with Crippen molar-refractivity contribution >= 4 is 32.4 Å². The highest BCUT2D eigenvalue weighted by molar-refractivity contribution is 7.92. The molecule has 2 N–H and O–H groups in total. The first-order valence-electron chi connectivity index (χ1n) is 5.70. The van der Waals surface area contributed by atoms with E-state index in [-0.39, 0.29) is 5.69 Å². The van der Waals surface area contributed by atoms with Crippen molar-refractivity contribution in [3.8, 4) is 0 Å². The molecule has 0 aliphatic carbocycles. The smallest absolute Gasteiger partial charge is 0.363 e. The zero-order chi connectivity index (χ0) is 14.0. The predicted molar refractivity (Wildman–Crippen MR) is 75.1 cm³/mol. The Labute approximate surface area is 110 Å². The Hall–Kier alpha value is -2.02. The molecule has 6 nitrogen and oxygen atoms in total. The Bertz CT molecular complexity index is 765. The average molecular weight is 282 g/mol. The van der Waals surface area contributed by atoms with Gasteiger partial charge in [-0.3, -0.25) is 4.72 Å². The van der Waals surface area contributed by atoms with Crippen LogP contribution in [0.4, 0.5) is 11.4 Å². The van der Waals surface area contributed by atoms with Crippen LogP contribution in [0.3, 0.4) is 0 Å². The molecular weight excluding hydrogens is 268 g/mol. The highest BCUT2D eigenvalue weighted by atomic mass is 32.2. The Kier molecular flexibility index (Phi) is 3.48. The lowest BCUT2D eigenvalue weighted by atomic mass is 10.2. The molecule has 1 aromatic carbocycles. The van der Waals surface area contributed by atoms with E-state index < -0.39 is 15.6 Å². The molecule has 1 aromatic heterocycles. The molecule has 0 unspecified atom stereocenters. The van der Waals surface area contributed by atoms with Crippen LogP contribution < -0.4 is 15.7 Å². The molecule has 7 heteroatoms. The van der Waals surface area contributed by atoms with Gasteiger partial charge in [0, 0.05) is 11.9 Å². The quantitative estimate of drug-likeness (QED) is 0.831. The van der Waals surface area contributed by atoms with Crippen molar-refractivity contribution < 1.29 is 12.8 Å². The van der Waals surface area contributed by atoms with Crippen LogP contribution in [0.5, 0.6) is 0 Å². The third kappa shape index (κ3) is 2.87. The summed E-state index contributed by atoms with van der Waals surface area (Å²) in [6.07, 6.45) is 0.983. The number of rotatable bonds is 4. The highest BCUT2D eigenvalue weighted by Crippen LogP contribution is 2.28. The van der Waals surface area contributed by atoms with Gasteiger partial charge in [-0.2, -0.15) is 0 Å². The van der Waals surface area contributed by atoms with Crippen LogP contribution in [0, 0.1) is 0 Å². The van der Waals surface area contributed by atoms with Gasteiger partial charge in [-0.25, -0.2) is 13.2 Å². The van der Waals surface area contributed by atoms with Gasteiger partial charge in [-0.05, 0) is 19.1 Å². The topological polar surface area (TPSA) is 88.4 Å². The summed E-state index contributed by atoms with van der Waals surface area (Å²) in [7, 11) is -3.56. The standard InChI is InChI=1S/C12H14N2O4S/c1-3-13-10-8-6-4-5-7-9(8)18-12(15)11(10)14-19(2,16)17/h4-7,13-14H,3H2,1-2H3. The lowest BCUT2D eigenvalue weighted by Gasteiger charge is -2.12. The van der Waals surface area contributed by atoms with Gasteiger partial charge in [-0.15, -0.1) is 0 Å². The first-order valence-corrected chi connectivity index (χ1v) is 7.59. The molecule has 0 amide bonds. The zero-order valence-corrected chi connectivity index (χ0v) is 11.4. The zero-order valence-electron chi connectivity index (χ0n) is 10.6. The van der Waals surface area contributed by atoms with Crippen molar-refractivity contribution in [3.05, 3.63) is 34.7 Å². The van der Waals surface area contributed by atoms with Crippen LogP contribution in [0.2, 0.25) is 0 Å². The predicted octanol–water partition coefficient (Wildman–Crippen LogP) is 1.60. The van der Waals surface area contributed by atoms with Crippen molar-refractivity contribution in [2.75, 3.05) is 22.8 Å². The molecule has 0 fully saturated rings. The maximum absolute atomic E-state index is 11.9. The van der Waals surface area contributed by atoms with Crippen molar-refractivity contribution in [3.63, 3.8) is 0 Å². The Morgan fingerprint density at radius 3 is 2.53 bits per heavy atom. The summed E-state index contributed by atoms with van der Waals surface area (Å²) in [5.41, 5.74) is 0.0189. The van der Waals surface area contributed by atoms with Crippen molar-refractivity contribution in [1.29, 1.82) is 0 Å². The largest absolute Gasteiger partial charge is 0.421 e. The van der Waals surface area contributed by atoms with Crippen LogP contribution in [0.15, 0.2) is 33.5 Å². The highest BCUT2D eigenvalue weighted by Gasteiger charge is 2.16. The van der Waals surface area contributed by atoms with E-state index >= 15 is 0 Å². The number of benzene rings is 1. The van der Waals surface area contributed by atoms with Crippen LogP contribution in [-0.2, 0) is 10.0 Å². The molecule has 2 aromatic rings. The summed E-state index contributed by atoms with van der Waals surface area (Å²) < 4.78 is 30.0. The molecular formula is C12H14N2O4S. The average Bonchev–Trinajstić information content (AvgIpc) is 2.32. The third-order valence-corrected chi connectivity index (χ3v) is 3.03. The first-order chi connectivity index (χ1) is 8.92. The molecule has 0 aliphatic heterocycles. The first kappa shape index (κ1) is 13.4. The fourth-order valence-corrected chi connectivity index (χ4v) is 2.34. The number of hydrogen-bond acceptors (Lipinski definition) is 5. The van der Waals surface area contributed by atoms with Gasteiger partial charge in [-0.1, -0.05) is 12.1 Å². The van der Waals surface area contributed by atoms with Crippen LogP contribution in [0.25, 0.3) is 11.0 Å². The monoisotopic (exact) mass is 282 g/mol. The summed E-state index contributed by atoms with van der Waals surface area (Å²) in [5, 5.41) is 3.64. The summed E-state index contributed by atoms with van der Waals surface area (Å²) in [6.45, 7) is 2.40. The second-order valence-electron chi connectivity index (χ2n) is 4.04. The van der Waals surface area contributed by atoms with E-state index in [2.05, 4.69) is 10.0 Å². The molecule has 0 spiro atoms. The fraction of sp³-hybridized carbons (Fsp3) is 0.250. The SMILES string of the molecule is CCNc1c(NS(C)(=O)=O)c(=O)oc2ccccc12. The molecule has 2 rings (SSSR count). The summed E-state index contributed by atoms with van der Waals surface area (Å²) >= 11 is 0. The van der Waals surface area contributed by atoms with Crippen LogP contribution in [-0.4, -0.2) is 21.2 Å². The maximum atomic E-state index is 11.9. The minimum atomic E-state index is -3.56. The van der Waals surface area contributed by atoms with Gasteiger partial charge in [0.1, 0.15) is 5.58 Å². The van der Waals surface area contributed by atoms with Gasteiger partial charge in [0.25, 0.3) is 0 Å². The third-order valence-electron chi connectivity index (χ3n) is 2.45. The Balaban J connectivity index is 2.77. The number of anilines is 2. The molecule has 0 radical (unpaired) electrons. The van der Waals surface area contributed by atoms with Gasteiger partial charge < -0.3 is 9.73 Å². The lowest BCUT2D eigenvalue weighted by molar-refractivity contribution is 0.563. The molecule has 0 aliphatic rings. The van der Waals surface area contributed by atoms with Crippen molar-refractivity contribution in [2.24, 2.45) is 0 Å². The van der Waals surface area contributed by atoms with Gasteiger partial charge >= 0.3 is 5.63 Å². The molecule has 0 saturated heterocycles. The van der Waals surface area contributed by atoms with Gasteiger partial charge in [0.05, 0.1) is 11.9 Å². The fourth-order valence-electron chi connectivity index (χ4n) is 1.79. The number of sulfonamides is 1. The van der Waals surface area contributed by atoms with E-state index in [1.54, 1.807) is 24.3 Å². The van der Waals surface area contributed by atoms with Crippen molar-refractivity contribution in [1.82, 2.24) is 0 Å². The second kappa shape index (κ2) is 4.93. The Morgan fingerprint density at radius 1 is 1.21 bits per heavy atom. The van der Waals surface area contributed by atoms with E-state index in [0.29, 0.717) is 23.2 Å². The summed E-state index contributed by atoms with van der Waals surface area (Å²) in [6, 6.07) is 6.93. The van der Waals surface area contributed by atoms with Crippen LogP contribution in [0.1, 0.15) is 6.92 Å². The summed E-state index contributed by atoms with van der Waals surface area (Å²) in [4.78, 5) is 11.9. The number of hydrogen-bond donors (Lipinski definition) is 2. The van der Waals surface area contributed by atoms with E-state index in [9.17, 15) is 13.2 Å². The number of nitrogens with one attached hydrogen (secondary N) is 2. The minimum Gasteiger partial charge on any atom is -0.421 e. The molecule has 0 bridgehead atoms. The van der Waals surface area contributed by atoms with Gasteiger partial charge in [0.15, 0.2) is 5.69 Å². The van der Waals surface area contributed by atoms with E-state index in [4.69, 9.17) is 4.42 Å². The molecule has 102 valence electrons. The molecule has 0 saturated carbocycles. The summed E-state index contributed by atoms with van der Waals surface area (Å²) in [5.74, 6) is 0. The Morgan fingerprint density at radius 2 is 1.89 bits per heavy atom. The van der Waals surface area contributed by atoms with Gasteiger partial charge in [0.2, 0.25) is 10.0 Å². The number of para-hydroxylation sites is 1. The number of fused-ring (bicyclic) bond motifs is 1. The van der Waals surface area contributed by atoms with Crippen molar-refractivity contribution in [2.45, 2.75) is 6.92 Å². The molecule has 19 heavy (non-hydrogen) atoms. The second-order valence-corrected chi connectivity index (χ2v) is 5.79. The maximum Gasteiger partial charge on any atom is 0.363 e.